The molecule has 0 spiro atoms. The molecule has 0 aliphatic rings. The fourth-order valence-corrected chi connectivity index (χ4v) is 1.66. The summed E-state index contributed by atoms with van der Waals surface area (Å²) in [4.78, 5) is 16.2. The molecule has 1 aromatic rings. The van der Waals surface area contributed by atoms with Crippen LogP contribution in [0.15, 0.2) is 24.5 Å². The average Bonchev–Trinajstić information content (AvgIpc) is 2.37. The number of carbonyl (C=O) groups excluding carboxylic acids is 1. The van der Waals surface area contributed by atoms with Crippen molar-refractivity contribution in [1.29, 1.82) is 0 Å². The zero-order chi connectivity index (χ0) is 13.6. The normalized spacial score (nSPS) is 14.3. The maximum atomic E-state index is 12.2. The second kappa shape index (κ2) is 6.50. The summed E-state index contributed by atoms with van der Waals surface area (Å²) in [6.07, 6.45) is 3.37. The predicted molar refractivity (Wildman–Crippen MR) is 71.1 cm³/mol. The smallest absolute Gasteiger partial charge is 0.330 e. The van der Waals surface area contributed by atoms with E-state index < -0.39 is 5.54 Å². The number of hydrogen-bond donors (Lipinski definition) is 1. The number of nitrogens with zero attached hydrogens (tertiary/aromatic N) is 1. The minimum absolute atomic E-state index is 0.253. The summed E-state index contributed by atoms with van der Waals surface area (Å²) in [5.41, 5.74) is 0.0556. The Morgan fingerprint density at radius 2 is 2.06 bits per heavy atom. The van der Waals surface area contributed by atoms with Gasteiger partial charge in [-0.25, -0.2) is 4.79 Å². The number of hydrogen-bond acceptors (Lipinski definition) is 4. The molecule has 0 radical (unpaired) electrons. The van der Waals surface area contributed by atoms with Crippen LogP contribution in [-0.2, 0) is 15.1 Å². The van der Waals surface area contributed by atoms with Gasteiger partial charge in [0.2, 0.25) is 0 Å². The molecule has 1 atom stereocenters. The number of pyridine rings is 1. The molecule has 0 aliphatic heterocycles. The van der Waals surface area contributed by atoms with Crippen LogP contribution in [-0.4, -0.2) is 24.1 Å². The van der Waals surface area contributed by atoms with Crippen LogP contribution < -0.4 is 5.32 Å². The van der Waals surface area contributed by atoms with Crippen LogP contribution in [0.1, 0.15) is 33.3 Å². The molecule has 1 heterocycles. The van der Waals surface area contributed by atoms with E-state index in [1.807, 2.05) is 26.0 Å². The molecule has 100 valence electrons. The van der Waals surface area contributed by atoms with Gasteiger partial charge < -0.3 is 4.74 Å². The van der Waals surface area contributed by atoms with Crippen LogP contribution in [0.25, 0.3) is 0 Å². The van der Waals surface area contributed by atoms with Gasteiger partial charge in [-0.2, -0.15) is 0 Å². The molecule has 4 nitrogen and oxygen atoms in total. The predicted octanol–water partition coefficient (Wildman–Crippen LogP) is 2.11. The van der Waals surface area contributed by atoms with Crippen LogP contribution in [0, 0.1) is 5.92 Å². The Hall–Kier alpha value is -1.42. The van der Waals surface area contributed by atoms with Crippen molar-refractivity contribution in [2.75, 3.05) is 13.2 Å². The molecule has 0 aliphatic carbocycles. The van der Waals surface area contributed by atoms with Crippen molar-refractivity contribution in [3.8, 4) is 0 Å². The highest BCUT2D eigenvalue weighted by molar-refractivity contribution is 5.82. The van der Waals surface area contributed by atoms with E-state index in [2.05, 4.69) is 24.1 Å². The van der Waals surface area contributed by atoms with E-state index in [1.165, 1.54) is 0 Å². The van der Waals surface area contributed by atoms with Gasteiger partial charge in [0.1, 0.15) is 5.54 Å². The Morgan fingerprint density at radius 1 is 1.44 bits per heavy atom. The lowest BCUT2D eigenvalue weighted by atomic mass is 9.92. The standard InChI is InChI=1S/C14H22N2O2/c1-5-18-13(17)14(4,16-10-11(2)3)12-6-8-15-9-7-12/h6-9,11,16H,5,10H2,1-4H3. The molecule has 0 saturated heterocycles. The highest BCUT2D eigenvalue weighted by atomic mass is 16.5. The number of rotatable bonds is 6. The maximum Gasteiger partial charge on any atom is 0.330 e. The average molecular weight is 250 g/mol. The fourth-order valence-electron chi connectivity index (χ4n) is 1.66. The SMILES string of the molecule is CCOC(=O)C(C)(NCC(C)C)c1ccncc1. The summed E-state index contributed by atoms with van der Waals surface area (Å²) in [6, 6.07) is 3.68. The van der Waals surface area contributed by atoms with Crippen LogP contribution in [0.2, 0.25) is 0 Å². The highest BCUT2D eigenvalue weighted by Crippen LogP contribution is 2.22. The number of aromatic nitrogens is 1. The molecule has 0 amide bonds. The summed E-state index contributed by atoms with van der Waals surface area (Å²) in [5, 5.41) is 3.29. The second-order valence-electron chi connectivity index (χ2n) is 4.86. The first-order valence-electron chi connectivity index (χ1n) is 6.33. The number of ether oxygens (including phenoxy) is 1. The van der Waals surface area contributed by atoms with E-state index in [1.54, 1.807) is 12.4 Å². The monoisotopic (exact) mass is 250 g/mol. The summed E-state index contributed by atoms with van der Waals surface area (Å²) >= 11 is 0. The van der Waals surface area contributed by atoms with Gasteiger partial charge >= 0.3 is 5.97 Å². The summed E-state index contributed by atoms with van der Waals surface area (Å²) in [5.74, 6) is 0.206. The van der Waals surface area contributed by atoms with Gasteiger partial charge in [0.15, 0.2) is 0 Å². The fraction of sp³-hybridized carbons (Fsp3) is 0.571. The Balaban J connectivity index is 2.97. The van der Waals surface area contributed by atoms with E-state index in [0.29, 0.717) is 12.5 Å². The molecule has 18 heavy (non-hydrogen) atoms. The maximum absolute atomic E-state index is 12.2. The van der Waals surface area contributed by atoms with Crippen molar-refractivity contribution in [3.63, 3.8) is 0 Å². The quantitative estimate of drug-likeness (QED) is 0.786. The molecule has 1 rings (SSSR count). The molecule has 0 aromatic carbocycles. The number of esters is 1. The van der Waals surface area contributed by atoms with Crippen LogP contribution >= 0.6 is 0 Å². The van der Waals surface area contributed by atoms with E-state index in [0.717, 1.165) is 12.1 Å². The molecular formula is C14H22N2O2. The molecule has 1 aromatic heterocycles. The largest absolute Gasteiger partial charge is 0.464 e. The van der Waals surface area contributed by atoms with Gasteiger partial charge in [-0.05, 0) is 44.0 Å². The molecule has 0 saturated carbocycles. The Morgan fingerprint density at radius 3 is 2.56 bits per heavy atom. The molecule has 1 N–H and O–H groups in total. The first-order chi connectivity index (χ1) is 8.50. The van der Waals surface area contributed by atoms with E-state index >= 15 is 0 Å². The van der Waals surface area contributed by atoms with Crippen molar-refractivity contribution in [2.45, 2.75) is 33.2 Å². The first-order valence-corrected chi connectivity index (χ1v) is 6.33. The van der Waals surface area contributed by atoms with Crippen molar-refractivity contribution in [1.82, 2.24) is 10.3 Å². The Labute approximate surface area is 109 Å². The lowest BCUT2D eigenvalue weighted by Crippen LogP contribution is -2.49. The lowest BCUT2D eigenvalue weighted by Gasteiger charge is -2.29. The van der Waals surface area contributed by atoms with E-state index in [9.17, 15) is 4.79 Å². The first kappa shape index (κ1) is 14.6. The summed E-state index contributed by atoms with van der Waals surface area (Å²) in [7, 11) is 0. The third kappa shape index (κ3) is 3.53. The zero-order valence-corrected chi connectivity index (χ0v) is 11.6. The second-order valence-corrected chi connectivity index (χ2v) is 4.86. The van der Waals surface area contributed by atoms with Crippen molar-refractivity contribution in [3.05, 3.63) is 30.1 Å². The minimum Gasteiger partial charge on any atom is -0.464 e. The lowest BCUT2D eigenvalue weighted by molar-refractivity contribution is -0.151. The molecule has 1 unspecified atom stereocenters. The third-order valence-electron chi connectivity index (χ3n) is 2.81. The van der Waals surface area contributed by atoms with Crippen molar-refractivity contribution in [2.24, 2.45) is 5.92 Å². The Bertz CT molecular complexity index is 379. The van der Waals surface area contributed by atoms with Gasteiger partial charge in [0, 0.05) is 12.4 Å². The minimum atomic E-state index is -0.816. The van der Waals surface area contributed by atoms with Crippen LogP contribution in [0.4, 0.5) is 0 Å². The number of nitrogens with one attached hydrogen (secondary N) is 1. The van der Waals surface area contributed by atoms with Crippen molar-refractivity contribution >= 4 is 5.97 Å². The van der Waals surface area contributed by atoms with Gasteiger partial charge in [-0.3, -0.25) is 10.3 Å². The number of carbonyl (C=O) groups is 1. The summed E-state index contributed by atoms with van der Waals surface area (Å²) in [6.45, 7) is 8.99. The van der Waals surface area contributed by atoms with Crippen LogP contribution in [0.5, 0.6) is 0 Å². The van der Waals surface area contributed by atoms with Gasteiger partial charge in [0.25, 0.3) is 0 Å². The van der Waals surface area contributed by atoms with E-state index in [4.69, 9.17) is 4.74 Å². The molecule has 0 fully saturated rings. The van der Waals surface area contributed by atoms with Gasteiger partial charge in [-0.15, -0.1) is 0 Å². The van der Waals surface area contributed by atoms with Gasteiger partial charge in [0.05, 0.1) is 6.61 Å². The Kier molecular flexibility index (Phi) is 5.28. The van der Waals surface area contributed by atoms with Crippen molar-refractivity contribution < 1.29 is 9.53 Å². The zero-order valence-electron chi connectivity index (χ0n) is 11.6. The third-order valence-corrected chi connectivity index (χ3v) is 2.81. The molecule has 4 heteroatoms. The molecular weight excluding hydrogens is 228 g/mol. The highest BCUT2D eigenvalue weighted by Gasteiger charge is 2.36. The van der Waals surface area contributed by atoms with Crippen LogP contribution in [0.3, 0.4) is 0 Å². The molecule has 0 bridgehead atoms. The topological polar surface area (TPSA) is 51.2 Å². The van der Waals surface area contributed by atoms with E-state index in [-0.39, 0.29) is 5.97 Å². The summed E-state index contributed by atoms with van der Waals surface area (Å²) < 4.78 is 5.17. The van der Waals surface area contributed by atoms with Gasteiger partial charge in [-0.1, -0.05) is 13.8 Å².